The number of amides is 1. The van der Waals surface area contributed by atoms with E-state index in [0.717, 1.165) is 6.42 Å². The maximum atomic E-state index is 13.0. The highest BCUT2D eigenvalue weighted by Gasteiger charge is 2.25. The van der Waals surface area contributed by atoms with Gasteiger partial charge in [0.1, 0.15) is 5.82 Å². The zero-order valence-corrected chi connectivity index (χ0v) is 11.2. The summed E-state index contributed by atoms with van der Waals surface area (Å²) in [6.07, 6.45) is 0.728. The van der Waals surface area contributed by atoms with Gasteiger partial charge in [-0.05, 0) is 40.5 Å². The maximum absolute atomic E-state index is 13.0. The van der Waals surface area contributed by atoms with Crippen molar-refractivity contribution in [3.8, 4) is 0 Å². The molecule has 1 N–H and O–H groups in total. The number of benzene rings is 1. The largest absolute Gasteiger partial charge is 0.325 e. The molecule has 1 rings (SSSR count). The van der Waals surface area contributed by atoms with Crippen LogP contribution in [0.1, 0.15) is 27.2 Å². The van der Waals surface area contributed by atoms with Crippen molar-refractivity contribution in [1.82, 2.24) is 0 Å². The van der Waals surface area contributed by atoms with Crippen LogP contribution in [0.4, 0.5) is 10.1 Å². The van der Waals surface area contributed by atoms with E-state index >= 15 is 0 Å². The summed E-state index contributed by atoms with van der Waals surface area (Å²) in [7, 11) is 0. The molecule has 0 radical (unpaired) electrons. The Morgan fingerprint density at radius 1 is 1.50 bits per heavy atom. The fourth-order valence-corrected chi connectivity index (χ4v) is 1.39. The summed E-state index contributed by atoms with van der Waals surface area (Å²) in [6, 6.07) is 4.21. The van der Waals surface area contributed by atoms with Crippen molar-refractivity contribution in [1.29, 1.82) is 0 Å². The Balaban J connectivity index is 2.89. The predicted molar refractivity (Wildman–Crippen MR) is 66.8 cm³/mol. The van der Waals surface area contributed by atoms with Gasteiger partial charge in [-0.2, -0.15) is 0 Å². The van der Waals surface area contributed by atoms with Gasteiger partial charge in [-0.15, -0.1) is 0 Å². The van der Waals surface area contributed by atoms with E-state index in [1.165, 1.54) is 12.1 Å². The highest BCUT2D eigenvalue weighted by atomic mass is 79.9. The van der Waals surface area contributed by atoms with Crippen LogP contribution in [0.2, 0.25) is 0 Å². The fourth-order valence-electron chi connectivity index (χ4n) is 1.05. The molecule has 1 aromatic carbocycles. The van der Waals surface area contributed by atoms with Crippen LogP contribution < -0.4 is 5.32 Å². The highest BCUT2D eigenvalue weighted by Crippen LogP contribution is 2.27. The molecule has 1 aromatic rings. The molecule has 1 amide bonds. The standard InChI is InChI=1S/C12H15BrFNO/c1-4-12(2,3)11(16)15-10-7-8(14)5-6-9(10)13/h5-7H,4H2,1-3H3,(H,15,16). The molecule has 2 nitrogen and oxygen atoms in total. The number of hydrogen-bond acceptors (Lipinski definition) is 1. The number of anilines is 1. The molecule has 0 spiro atoms. The van der Waals surface area contributed by atoms with E-state index in [4.69, 9.17) is 0 Å². The number of nitrogens with one attached hydrogen (secondary N) is 1. The summed E-state index contributed by atoms with van der Waals surface area (Å²) >= 11 is 3.27. The molecule has 16 heavy (non-hydrogen) atoms. The SMILES string of the molecule is CCC(C)(C)C(=O)Nc1cc(F)ccc1Br. The Kier molecular flexibility index (Phi) is 4.08. The van der Waals surface area contributed by atoms with Gasteiger partial charge < -0.3 is 5.32 Å². The topological polar surface area (TPSA) is 29.1 Å². The van der Waals surface area contributed by atoms with Crippen molar-refractivity contribution in [3.05, 3.63) is 28.5 Å². The summed E-state index contributed by atoms with van der Waals surface area (Å²) in [5, 5.41) is 2.72. The molecule has 88 valence electrons. The van der Waals surface area contributed by atoms with Gasteiger partial charge >= 0.3 is 0 Å². The quantitative estimate of drug-likeness (QED) is 0.896. The first-order valence-electron chi connectivity index (χ1n) is 5.13. The van der Waals surface area contributed by atoms with Crippen molar-refractivity contribution < 1.29 is 9.18 Å². The van der Waals surface area contributed by atoms with E-state index in [0.29, 0.717) is 10.2 Å². The monoisotopic (exact) mass is 287 g/mol. The van der Waals surface area contributed by atoms with Crippen molar-refractivity contribution in [2.45, 2.75) is 27.2 Å². The van der Waals surface area contributed by atoms with Gasteiger partial charge in [0.25, 0.3) is 0 Å². The van der Waals surface area contributed by atoms with Gasteiger partial charge in [0.05, 0.1) is 5.69 Å². The Hall–Kier alpha value is -0.900. The van der Waals surface area contributed by atoms with Crippen LogP contribution in [-0.2, 0) is 4.79 Å². The second-order valence-corrected chi connectivity index (χ2v) is 5.17. The summed E-state index contributed by atoms with van der Waals surface area (Å²) in [4.78, 5) is 11.9. The number of hydrogen-bond donors (Lipinski definition) is 1. The van der Waals surface area contributed by atoms with Crippen molar-refractivity contribution in [2.24, 2.45) is 5.41 Å². The average Bonchev–Trinajstić information content (AvgIpc) is 2.23. The number of rotatable bonds is 3. The van der Waals surface area contributed by atoms with Crippen molar-refractivity contribution in [2.75, 3.05) is 5.32 Å². The van der Waals surface area contributed by atoms with Crippen LogP contribution in [0, 0.1) is 11.2 Å². The maximum Gasteiger partial charge on any atom is 0.230 e. The van der Waals surface area contributed by atoms with E-state index < -0.39 is 5.41 Å². The number of carbonyl (C=O) groups excluding carboxylic acids is 1. The molecule has 0 aliphatic carbocycles. The van der Waals surface area contributed by atoms with Crippen LogP contribution in [0.5, 0.6) is 0 Å². The fraction of sp³-hybridized carbons (Fsp3) is 0.417. The molecule has 0 aliphatic heterocycles. The predicted octanol–water partition coefficient (Wildman–Crippen LogP) is 3.96. The second kappa shape index (κ2) is 4.95. The molecule has 0 aliphatic rings. The van der Waals surface area contributed by atoms with Crippen LogP contribution in [-0.4, -0.2) is 5.91 Å². The summed E-state index contributed by atoms with van der Waals surface area (Å²) in [5.74, 6) is -0.478. The molecule has 0 saturated carbocycles. The third-order valence-corrected chi connectivity index (χ3v) is 3.37. The van der Waals surface area contributed by atoms with E-state index in [-0.39, 0.29) is 11.7 Å². The summed E-state index contributed by atoms with van der Waals surface area (Å²) in [5.41, 5.74) is 0.0118. The highest BCUT2D eigenvalue weighted by molar-refractivity contribution is 9.10. The molecular weight excluding hydrogens is 273 g/mol. The first-order valence-corrected chi connectivity index (χ1v) is 5.92. The summed E-state index contributed by atoms with van der Waals surface area (Å²) in [6.45, 7) is 5.66. The van der Waals surface area contributed by atoms with Crippen LogP contribution in [0.15, 0.2) is 22.7 Å². The lowest BCUT2D eigenvalue weighted by molar-refractivity contribution is -0.124. The van der Waals surface area contributed by atoms with Gasteiger partial charge in [-0.1, -0.05) is 20.8 Å². The Bertz CT molecular complexity index is 404. The molecule has 0 saturated heterocycles. The lowest BCUT2D eigenvalue weighted by atomic mass is 9.89. The molecule has 0 atom stereocenters. The lowest BCUT2D eigenvalue weighted by Gasteiger charge is -2.21. The Morgan fingerprint density at radius 2 is 2.12 bits per heavy atom. The van der Waals surface area contributed by atoms with E-state index in [2.05, 4.69) is 21.2 Å². The minimum atomic E-state index is -0.453. The van der Waals surface area contributed by atoms with Crippen LogP contribution in [0.3, 0.4) is 0 Å². The average molecular weight is 288 g/mol. The normalized spacial score (nSPS) is 11.3. The molecule has 0 heterocycles. The molecule has 4 heteroatoms. The first-order chi connectivity index (χ1) is 7.36. The Morgan fingerprint density at radius 3 is 2.69 bits per heavy atom. The zero-order valence-electron chi connectivity index (χ0n) is 9.60. The zero-order chi connectivity index (χ0) is 12.3. The van der Waals surface area contributed by atoms with E-state index in [9.17, 15) is 9.18 Å². The van der Waals surface area contributed by atoms with Gasteiger partial charge in [-0.3, -0.25) is 4.79 Å². The van der Waals surface area contributed by atoms with Crippen LogP contribution in [0.25, 0.3) is 0 Å². The van der Waals surface area contributed by atoms with Gasteiger partial charge in [0, 0.05) is 9.89 Å². The number of halogens is 2. The van der Waals surface area contributed by atoms with E-state index in [1.807, 2.05) is 20.8 Å². The smallest absolute Gasteiger partial charge is 0.230 e. The molecular formula is C12H15BrFNO. The van der Waals surface area contributed by atoms with Crippen LogP contribution >= 0.6 is 15.9 Å². The first kappa shape index (κ1) is 13.2. The van der Waals surface area contributed by atoms with E-state index in [1.54, 1.807) is 6.07 Å². The molecule has 0 unspecified atom stereocenters. The van der Waals surface area contributed by atoms with Crippen molar-refractivity contribution in [3.63, 3.8) is 0 Å². The molecule has 0 aromatic heterocycles. The number of carbonyl (C=O) groups is 1. The van der Waals surface area contributed by atoms with Gasteiger partial charge in [-0.25, -0.2) is 4.39 Å². The van der Waals surface area contributed by atoms with Crippen molar-refractivity contribution >= 4 is 27.5 Å². The molecule has 0 bridgehead atoms. The summed E-state index contributed by atoms with van der Waals surface area (Å²) < 4.78 is 13.7. The van der Waals surface area contributed by atoms with Gasteiger partial charge in [0.2, 0.25) is 5.91 Å². The lowest BCUT2D eigenvalue weighted by Crippen LogP contribution is -2.30. The Labute approximate surface area is 103 Å². The minimum absolute atomic E-state index is 0.110. The minimum Gasteiger partial charge on any atom is -0.325 e. The second-order valence-electron chi connectivity index (χ2n) is 4.32. The molecule has 0 fully saturated rings. The third-order valence-electron chi connectivity index (χ3n) is 2.68. The third kappa shape index (κ3) is 3.04. The van der Waals surface area contributed by atoms with Gasteiger partial charge in [0.15, 0.2) is 0 Å².